The fraction of sp³-hybridized carbons (Fsp3) is 0.167. The molecule has 0 aliphatic heterocycles. The number of rotatable bonds is 5. The van der Waals surface area contributed by atoms with Crippen molar-refractivity contribution in [1.29, 1.82) is 0 Å². The summed E-state index contributed by atoms with van der Waals surface area (Å²) in [5.74, 6) is 0.638. The normalized spacial score (nSPS) is 10.7. The second kappa shape index (κ2) is 7.27. The number of para-hydroxylation sites is 1. The van der Waals surface area contributed by atoms with Crippen LogP contribution in [0.15, 0.2) is 53.3 Å². The molecule has 0 saturated heterocycles. The summed E-state index contributed by atoms with van der Waals surface area (Å²) in [5.41, 5.74) is 0.481. The third kappa shape index (κ3) is 4.00. The number of H-pyrrole nitrogens is 1. The third-order valence-corrected chi connectivity index (χ3v) is 3.72. The summed E-state index contributed by atoms with van der Waals surface area (Å²) < 4.78 is 5.21. The van der Waals surface area contributed by atoms with Crippen molar-refractivity contribution in [3.63, 3.8) is 0 Å². The van der Waals surface area contributed by atoms with E-state index in [9.17, 15) is 9.59 Å². The first-order valence-electron chi connectivity index (χ1n) is 7.56. The van der Waals surface area contributed by atoms with Crippen LogP contribution in [-0.2, 0) is 11.2 Å². The molecule has 3 aromatic rings. The number of benzene rings is 2. The number of esters is 1. The predicted octanol–water partition coefficient (Wildman–Crippen LogP) is 3.50. The van der Waals surface area contributed by atoms with Crippen molar-refractivity contribution < 1.29 is 9.53 Å². The highest BCUT2D eigenvalue weighted by Crippen LogP contribution is 2.18. The number of carbonyl (C=O) groups is 1. The molecule has 0 bridgehead atoms. The van der Waals surface area contributed by atoms with Gasteiger partial charge in [0.2, 0.25) is 0 Å². The van der Waals surface area contributed by atoms with E-state index in [0.29, 0.717) is 40.3 Å². The van der Waals surface area contributed by atoms with Crippen LogP contribution in [0.2, 0.25) is 5.02 Å². The van der Waals surface area contributed by atoms with Gasteiger partial charge in [-0.25, -0.2) is 4.98 Å². The molecule has 1 N–H and O–H groups in total. The van der Waals surface area contributed by atoms with Gasteiger partial charge in [-0.1, -0.05) is 29.8 Å². The SMILES string of the molecule is O=C(CCCc1nc2ccccc2c(=O)[nH]1)Oc1cccc(Cl)c1. The number of halogens is 1. The van der Waals surface area contributed by atoms with E-state index in [1.54, 1.807) is 42.5 Å². The summed E-state index contributed by atoms with van der Waals surface area (Å²) in [7, 11) is 0. The lowest BCUT2D eigenvalue weighted by Gasteiger charge is -2.05. The van der Waals surface area contributed by atoms with Gasteiger partial charge in [0.1, 0.15) is 11.6 Å². The number of nitrogens with zero attached hydrogens (tertiary/aromatic N) is 1. The van der Waals surface area contributed by atoms with Crippen LogP contribution in [0, 0.1) is 0 Å². The van der Waals surface area contributed by atoms with Gasteiger partial charge in [-0.15, -0.1) is 0 Å². The maximum atomic E-state index is 12.0. The van der Waals surface area contributed by atoms with Crippen LogP contribution >= 0.6 is 11.6 Å². The monoisotopic (exact) mass is 342 g/mol. The molecule has 3 rings (SSSR count). The summed E-state index contributed by atoms with van der Waals surface area (Å²) >= 11 is 5.84. The molecule has 1 aromatic heterocycles. The minimum Gasteiger partial charge on any atom is -0.426 e. The molecule has 1 heterocycles. The number of aryl methyl sites for hydroxylation is 1. The Bertz CT molecular complexity index is 937. The maximum Gasteiger partial charge on any atom is 0.311 e. The molecule has 2 aromatic carbocycles. The molecule has 0 radical (unpaired) electrons. The molecule has 0 saturated carbocycles. The first-order chi connectivity index (χ1) is 11.6. The van der Waals surface area contributed by atoms with Crippen molar-refractivity contribution in [3.8, 4) is 5.75 Å². The Morgan fingerprint density at radius 3 is 2.83 bits per heavy atom. The molecule has 24 heavy (non-hydrogen) atoms. The van der Waals surface area contributed by atoms with Crippen LogP contribution in [0.3, 0.4) is 0 Å². The van der Waals surface area contributed by atoms with Gasteiger partial charge in [0.05, 0.1) is 10.9 Å². The number of ether oxygens (including phenoxy) is 1. The van der Waals surface area contributed by atoms with Crippen molar-refractivity contribution in [1.82, 2.24) is 9.97 Å². The van der Waals surface area contributed by atoms with Gasteiger partial charge in [0, 0.05) is 17.9 Å². The zero-order chi connectivity index (χ0) is 16.9. The third-order valence-electron chi connectivity index (χ3n) is 3.48. The van der Waals surface area contributed by atoms with Crippen molar-refractivity contribution >= 4 is 28.5 Å². The molecule has 0 spiro atoms. The lowest BCUT2D eigenvalue weighted by atomic mass is 10.2. The number of hydrogen-bond acceptors (Lipinski definition) is 4. The summed E-state index contributed by atoms with van der Waals surface area (Å²) in [6, 6.07) is 13.8. The Labute approximate surface area is 143 Å². The Morgan fingerprint density at radius 2 is 2.00 bits per heavy atom. The van der Waals surface area contributed by atoms with Crippen molar-refractivity contribution in [2.24, 2.45) is 0 Å². The molecular formula is C18H15ClN2O3. The maximum absolute atomic E-state index is 12.0. The fourth-order valence-corrected chi connectivity index (χ4v) is 2.55. The minimum absolute atomic E-state index is 0.169. The van der Waals surface area contributed by atoms with E-state index in [-0.39, 0.29) is 17.9 Å². The molecule has 122 valence electrons. The van der Waals surface area contributed by atoms with Gasteiger partial charge >= 0.3 is 5.97 Å². The Hall–Kier alpha value is -2.66. The topological polar surface area (TPSA) is 72.0 Å². The average molecular weight is 343 g/mol. The van der Waals surface area contributed by atoms with E-state index < -0.39 is 0 Å². The Kier molecular flexibility index (Phi) is 4.91. The van der Waals surface area contributed by atoms with Crippen LogP contribution in [0.4, 0.5) is 0 Å². The molecule has 0 unspecified atom stereocenters. The first-order valence-corrected chi connectivity index (χ1v) is 7.94. The quantitative estimate of drug-likeness (QED) is 0.569. The average Bonchev–Trinajstić information content (AvgIpc) is 2.55. The standard InChI is InChI=1S/C18H15ClN2O3/c19-12-5-3-6-13(11-12)24-17(22)10-4-9-16-20-15-8-2-1-7-14(15)18(23)21-16/h1-3,5-8,11H,4,9-10H2,(H,20,21,23). The number of fused-ring (bicyclic) bond motifs is 1. The van der Waals surface area contributed by atoms with Gasteiger partial charge < -0.3 is 9.72 Å². The van der Waals surface area contributed by atoms with E-state index >= 15 is 0 Å². The van der Waals surface area contributed by atoms with E-state index in [0.717, 1.165) is 0 Å². The van der Waals surface area contributed by atoms with Gasteiger partial charge in [-0.3, -0.25) is 9.59 Å². The number of aromatic nitrogens is 2. The first kappa shape index (κ1) is 16.2. The highest BCUT2D eigenvalue weighted by molar-refractivity contribution is 6.30. The molecule has 0 fully saturated rings. The molecule has 0 amide bonds. The molecule has 0 aliphatic rings. The minimum atomic E-state index is -0.347. The van der Waals surface area contributed by atoms with Crippen molar-refractivity contribution in [3.05, 3.63) is 69.7 Å². The van der Waals surface area contributed by atoms with Crippen LogP contribution in [-0.4, -0.2) is 15.9 Å². The summed E-state index contributed by atoms with van der Waals surface area (Å²) in [6.07, 6.45) is 1.24. The number of carbonyl (C=O) groups excluding carboxylic acids is 1. The zero-order valence-electron chi connectivity index (χ0n) is 12.8. The molecule has 0 aliphatic carbocycles. The van der Waals surface area contributed by atoms with Crippen molar-refractivity contribution in [2.75, 3.05) is 0 Å². The fourth-order valence-electron chi connectivity index (χ4n) is 2.37. The Morgan fingerprint density at radius 1 is 1.17 bits per heavy atom. The number of aromatic amines is 1. The lowest BCUT2D eigenvalue weighted by molar-refractivity contribution is -0.134. The van der Waals surface area contributed by atoms with Crippen LogP contribution in [0.1, 0.15) is 18.7 Å². The number of nitrogens with one attached hydrogen (secondary N) is 1. The highest BCUT2D eigenvalue weighted by Gasteiger charge is 2.07. The van der Waals surface area contributed by atoms with E-state index in [4.69, 9.17) is 16.3 Å². The second-order valence-corrected chi connectivity index (χ2v) is 5.75. The summed E-state index contributed by atoms with van der Waals surface area (Å²) in [5, 5.41) is 1.07. The van der Waals surface area contributed by atoms with E-state index in [2.05, 4.69) is 9.97 Å². The van der Waals surface area contributed by atoms with E-state index in [1.807, 2.05) is 6.07 Å². The van der Waals surface area contributed by atoms with Gasteiger partial charge in [0.15, 0.2) is 0 Å². The molecular weight excluding hydrogens is 328 g/mol. The van der Waals surface area contributed by atoms with Crippen LogP contribution in [0.5, 0.6) is 5.75 Å². The largest absolute Gasteiger partial charge is 0.426 e. The number of hydrogen-bond donors (Lipinski definition) is 1. The second-order valence-electron chi connectivity index (χ2n) is 5.31. The summed E-state index contributed by atoms with van der Waals surface area (Å²) in [6.45, 7) is 0. The summed E-state index contributed by atoms with van der Waals surface area (Å²) in [4.78, 5) is 31.0. The predicted molar refractivity (Wildman–Crippen MR) is 92.4 cm³/mol. The van der Waals surface area contributed by atoms with Gasteiger partial charge in [0.25, 0.3) is 5.56 Å². The Balaban J connectivity index is 1.58. The van der Waals surface area contributed by atoms with Gasteiger partial charge in [-0.2, -0.15) is 0 Å². The smallest absolute Gasteiger partial charge is 0.311 e. The van der Waals surface area contributed by atoms with Crippen LogP contribution in [0.25, 0.3) is 10.9 Å². The van der Waals surface area contributed by atoms with Gasteiger partial charge in [-0.05, 0) is 36.8 Å². The van der Waals surface area contributed by atoms with Crippen LogP contribution < -0.4 is 10.3 Å². The highest BCUT2D eigenvalue weighted by atomic mass is 35.5. The molecule has 6 heteroatoms. The zero-order valence-corrected chi connectivity index (χ0v) is 13.5. The molecule has 5 nitrogen and oxygen atoms in total. The van der Waals surface area contributed by atoms with Crippen molar-refractivity contribution in [2.45, 2.75) is 19.3 Å². The lowest BCUT2D eigenvalue weighted by Crippen LogP contribution is -2.13. The molecule has 0 atom stereocenters. The van der Waals surface area contributed by atoms with E-state index in [1.165, 1.54) is 0 Å².